The van der Waals surface area contributed by atoms with Gasteiger partial charge in [-0.3, -0.25) is 24.0 Å². The normalized spacial score (nSPS) is 13.9. The van der Waals surface area contributed by atoms with Crippen LogP contribution in [0.5, 0.6) is 0 Å². The largest absolute Gasteiger partial charge is 0.481 e. The molecule has 1 aromatic carbocycles. The van der Waals surface area contributed by atoms with Crippen molar-refractivity contribution in [2.45, 2.75) is 56.3 Å². The number of nitrogens with one attached hydrogen (secondary N) is 3. The third kappa shape index (κ3) is 12.2. The molecule has 4 amide bonds. The molecule has 0 aliphatic carbocycles. The molecule has 4 unspecified atom stereocenters. The van der Waals surface area contributed by atoms with Crippen molar-refractivity contribution in [3.63, 3.8) is 0 Å². The molecular weight excluding hydrogens is 506 g/mol. The van der Waals surface area contributed by atoms with Gasteiger partial charge in [0.1, 0.15) is 18.1 Å². The standard InChI is InChI=1S/C23H33N5O8S/c1-37-10-9-16(26-20(32)14(24)12-19(30)31)22(34)27-15(7-8-18(25)29)21(33)28-17(23(35)36)11-13-5-3-2-4-6-13/h2-6,14-17H,7-12,24H2,1H3,(H2,25,29)(H,26,32)(H,27,34)(H,28,33)(H,30,31)(H,35,36). The first-order valence-electron chi connectivity index (χ1n) is 11.4. The van der Waals surface area contributed by atoms with Gasteiger partial charge in [0.2, 0.25) is 23.6 Å². The number of carbonyl (C=O) groups excluding carboxylic acids is 4. The Morgan fingerprint density at radius 3 is 1.92 bits per heavy atom. The number of amides is 4. The summed E-state index contributed by atoms with van der Waals surface area (Å²) in [6.07, 6.45) is 0.742. The molecule has 0 spiro atoms. The SMILES string of the molecule is CSCCC(NC(=O)C(N)CC(=O)O)C(=O)NC(CCC(N)=O)C(=O)NC(Cc1ccccc1)C(=O)O. The van der Waals surface area contributed by atoms with E-state index in [0.717, 1.165) is 0 Å². The molecule has 0 radical (unpaired) electrons. The number of rotatable bonds is 17. The van der Waals surface area contributed by atoms with Crippen molar-refractivity contribution in [3.05, 3.63) is 35.9 Å². The average molecular weight is 540 g/mol. The summed E-state index contributed by atoms with van der Waals surface area (Å²) in [7, 11) is 0. The molecule has 4 atom stereocenters. The van der Waals surface area contributed by atoms with E-state index in [0.29, 0.717) is 11.3 Å². The smallest absolute Gasteiger partial charge is 0.326 e. The van der Waals surface area contributed by atoms with E-state index in [4.69, 9.17) is 16.6 Å². The maximum atomic E-state index is 13.0. The minimum absolute atomic E-state index is 0.0216. The fourth-order valence-electron chi connectivity index (χ4n) is 3.21. The number of carbonyl (C=O) groups is 6. The first kappa shape index (κ1) is 31.4. The van der Waals surface area contributed by atoms with Gasteiger partial charge in [0.05, 0.1) is 12.5 Å². The summed E-state index contributed by atoms with van der Waals surface area (Å²) in [5.41, 5.74) is 11.4. The van der Waals surface area contributed by atoms with Crippen LogP contribution in [0.2, 0.25) is 0 Å². The minimum atomic E-state index is -1.40. The number of primary amides is 1. The molecule has 9 N–H and O–H groups in total. The zero-order chi connectivity index (χ0) is 28.0. The van der Waals surface area contributed by atoms with Crippen LogP contribution in [0.4, 0.5) is 0 Å². The van der Waals surface area contributed by atoms with Gasteiger partial charge in [-0.05, 0) is 30.4 Å². The molecule has 14 heteroatoms. The van der Waals surface area contributed by atoms with Crippen LogP contribution in [0.3, 0.4) is 0 Å². The van der Waals surface area contributed by atoms with Crippen LogP contribution in [-0.2, 0) is 35.2 Å². The summed E-state index contributed by atoms with van der Waals surface area (Å²) in [5, 5.41) is 25.6. The number of carboxylic acids is 2. The molecular formula is C23H33N5O8S. The maximum Gasteiger partial charge on any atom is 0.326 e. The number of benzene rings is 1. The predicted molar refractivity (Wildman–Crippen MR) is 135 cm³/mol. The quantitative estimate of drug-likeness (QED) is 0.122. The second kappa shape index (κ2) is 16.2. The first-order chi connectivity index (χ1) is 17.4. The predicted octanol–water partition coefficient (Wildman–Crippen LogP) is -1.41. The highest BCUT2D eigenvalue weighted by atomic mass is 32.2. The second-order valence-corrected chi connectivity index (χ2v) is 9.19. The molecule has 13 nitrogen and oxygen atoms in total. The van der Waals surface area contributed by atoms with Crippen LogP contribution in [0.25, 0.3) is 0 Å². The van der Waals surface area contributed by atoms with E-state index >= 15 is 0 Å². The van der Waals surface area contributed by atoms with Gasteiger partial charge in [-0.15, -0.1) is 0 Å². The Balaban J connectivity index is 3.02. The molecule has 0 heterocycles. The molecule has 0 saturated heterocycles. The van der Waals surface area contributed by atoms with Crippen LogP contribution in [0, 0.1) is 0 Å². The van der Waals surface area contributed by atoms with Crippen molar-refractivity contribution in [1.29, 1.82) is 0 Å². The fraction of sp³-hybridized carbons (Fsp3) is 0.478. The zero-order valence-electron chi connectivity index (χ0n) is 20.3. The molecule has 0 aromatic heterocycles. The molecule has 0 bridgehead atoms. The molecule has 0 aliphatic heterocycles. The van der Waals surface area contributed by atoms with Crippen LogP contribution >= 0.6 is 11.8 Å². The van der Waals surface area contributed by atoms with Gasteiger partial charge in [0, 0.05) is 12.8 Å². The van der Waals surface area contributed by atoms with E-state index in [-0.39, 0.29) is 25.7 Å². The third-order valence-electron chi connectivity index (χ3n) is 5.18. The van der Waals surface area contributed by atoms with Crippen molar-refractivity contribution in [3.8, 4) is 0 Å². The molecule has 0 saturated carbocycles. The van der Waals surface area contributed by atoms with E-state index in [1.165, 1.54) is 11.8 Å². The summed E-state index contributed by atoms with van der Waals surface area (Å²) in [5.74, 6) is -5.40. The number of carboxylic acid groups (broad SMARTS) is 2. The van der Waals surface area contributed by atoms with Gasteiger partial charge in [-0.2, -0.15) is 11.8 Å². The maximum absolute atomic E-state index is 13.0. The Kier molecular flexibility index (Phi) is 13.7. The molecule has 0 aliphatic rings. The summed E-state index contributed by atoms with van der Waals surface area (Å²) in [4.78, 5) is 72.2. The van der Waals surface area contributed by atoms with Crippen molar-refractivity contribution < 1.29 is 39.0 Å². The summed E-state index contributed by atoms with van der Waals surface area (Å²) < 4.78 is 0. The zero-order valence-corrected chi connectivity index (χ0v) is 21.2. The van der Waals surface area contributed by atoms with Crippen LogP contribution in [-0.4, -0.2) is 82.0 Å². The van der Waals surface area contributed by atoms with Crippen LogP contribution in [0.15, 0.2) is 30.3 Å². The van der Waals surface area contributed by atoms with Crippen molar-refractivity contribution >= 4 is 47.3 Å². The van der Waals surface area contributed by atoms with E-state index in [9.17, 15) is 33.9 Å². The van der Waals surface area contributed by atoms with Crippen LogP contribution in [0.1, 0.15) is 31.2 Å². The lowest BCUT2D eigenvalue weighted by Crippen LogP contribution is -2.57. The van der Waals surface area contributed by atoms with E-state index in [1.54, 1.807) is 36.6 Å². The fourth-order valence-corrected chi connectivity index (χ4v) is 3.69. The van der Waals surface area contributed by atoms with Gasteiger partial charge < -0.3 is 37.6 Å². The Morgan fingerprint density at radius 2 is 1.41 bits per heavy atom. The van der Waals surface area contributed by atoms with E-state index in [1.807, 2.05) is 0 Å². The number of hydrogen-bond acceptors (Lipinski definition) is 8. The number of hydrogen-bond donors (Lipinski definition) is 7. The first-order valence-corrected chi connectivity index (χ1v) is 12.8. The third-order valence-corrected chi connectivity index (χ3v) is 5.83. The Hall–Kier alpha value is -3.65. The lowest BCUT2D eigenvalue weighted by Gasteiger charge is -2.25. The van der Waals surface area contributed by atoms with Gasteiger partial charge in [-0.1, -0.05) is 30.3 Å². The van der Waals surface area contributed by atoms with Gasteiger partial charge >= 0.3 is 11.9 Å². The van der Waals surface area contributed by atoms with Gasteiger partial charge in [0.15, 0.2) is 0 Å². The van der Waals surface area contributed by atoms with Crippen molar-refractivity contribution in [2.75, 3.05) is 12.0 Å². The lowest BCUT2D eigenvalue weighted by molar-refractivity contribution is -0.142. The highest BCUT2D eigenvalue weighted by molar-refractivity contribution is 7.98. The Morgan fingerprint density at radius 1 is 0.865 bits per heavy atom. The summed E-state index contributed by atoms with van der Waals surface area (Å²) >= 11 is 1.38. The molecule has 37 heavy (non-hydrogen) atoms. The van der Waals surface area contributed by atoms with Gasteiger partial charge in [0.25, 0.3) is 0 Å². The Bertz CT molecular complexity index is 962. The molecule has 0 fully saturated rings. The average Bonchev–Trinajstić information content (AvgIpc) is 2.83. The lowest BCUT2D eigenvalue weighted by atomic mass is 10.0. The van der Waals surface area contributed by atoms with E-state index in [2.05, 4.69) is 16.0 Å². The molecule has 1 aromatic rings. The number of nitrogens with two attached hydrogens (primary N) is 2. The number of thioether (sulfide) groups is 1. The topological polar surface area (TPSA) is 231 Å². The second-order valence-electron chi connectivity index (χ2n) is 8.20. The van der Waals surface area contributed by atoms with Crippen molar-refractivity contribution in [2.24, 2.45) is 11.5 Å². The molecule has 204 valence electrons. The monoisotopic (exact) mass is 539 g/mol. The minimum Gasteiger partial charge on any atom is -0.481 e. The van der Waals surface area contributed by atoms with E-state index < -0.39 is 66.2 Å². The van der Waals surface area contributed by atoms with Gasteiger partial charge in [-0.25, -0.2) is 4.79 Å². The highest BCUT2D eigenvalue weighted by Gasteiger charge is 2.30. The Labute approximate surface area is 218 Å². The van der Waals surface area contributed by atoms with Crippen LogP contribution < -0.4 is 27.4 Å². The number of aliphatic carboxylic acids is 2. The molecule has 1 rings (SSSR count). The van der Waals surface area contributed by atoms with Crippen molar-refractivity contribution in [1.82, 2.24) is 16.0 Å². The highest BCUT2D eigenvalue weighted by Crippen LogP contribution is 2.07. The summed E-state index contributed by atoms with van der Waals surface area (Å²) in [6.45, 7) is 0. The summed E-state index contributed by atoms with van der Waals surface area (Å²) in [6, 6.07) is 3.38.